The average Bonchev–Trinajstić information content (AvgIpc) is 2.87. The molecule has 2 fully saturated rings. The number of carbonyl (C=O) groups excluding carboxylic acids is 1. The third-order valence-electron chi connectivity index (χ3n) is 5.07. The normalized spacial score (nSPS) is 24.6. The van der Waals surface area contributed by atoms with Gasteiger partial charge in [-0.05, 0) is 30.6 Å². The lowest BCUT2D eigenvalue weighted by atomic mass is 9.82. The van der Waals surface area contributed by atoms with Crippen LogP contribution in [0.2, 0.25) is 0 Å². The Balaban J connectivity index is 1.57. The predicted molar refractivity (Wildman–Crippen MR) is 93.3 cm³/mol. The largest absolute Gasteiger partial charge is 0.350 e. The van der Waals surface area contributed by atoms with E-state index >= 15 is 0 Å². The molecule has 0 radical (unpaired) electrons. The highest BCUT2D eigenvalue weighted by Crippen LogP contribution is 2.39. The molecule has 0 bridgehead atoms. The summed E-state index contributed by atoms with van der Waals surface area (Å²) in [7, 11) is 0. The maximum atomic E-state index is 12.4. The highest BCUT2D eigenvalue weighted by atomic mass is 32.2. The van der Waals surface area contributed by atoms with Crippen LogP contribution in [0.3, 0.4) is 0 Å². The first-order valence-corrected chi connectivity index (χ1v) is 9.55. The fourth-order valence-electron chi connectivity index (χ4n) is 3.71. The molecular formula is C18H26N2OS. The second-order valence-electron chi connectivity index (χ2n) is 6.48. The van der Waals surface area contributed by atoms with Crippen molar-refractivity contribution in [1.82, 2.24) is 10.2 Å². The zero-order valence-electron chi connectivity index (χ0n) is 13.4. The Morgan fingerprint density at radius 2 is 2.00 bits per heavy atom. The SMILES string of the molecule is CCSCCN1CCC2(CC1)C[C@@H](c1ccccc1)C(=O)N2. The number of likely N-dealkylation sites (tertiary alicyclic amines) is 1. The van der Waals surface area contributed by atoms with Crippen LogP contribution in [0.4, 0.5) is 0 Å². The van der Waals surface area contributed by atoms with E-state index in [0.717, 1.165) is 32.4 Å². The van der Waals surface area contributed by atoms with Crippen LogP contribution in [0, 0.1) is 0 Å². The van der Waals surface area contributed by atoms with Crippen LogP contribution in [-0.4, -0.2) is 47.5 Å². The molecule has 2 heterocycles. The van der Waals surface area contributed by atoms with Crippen LogP contribution in [0.1, 0.15) is 37.7 Å². The minimum Gasteiger partial charge on any atom is -0.350 e. The van der Waals surface area contributed by atoms with Crippen molar-refractivity contribution in [2.24, 2.45) is 0 Å². The zero-order chi connectivity index (χ0) is 15.4. The van der Waals surface area contributed by atoms with E-state index in [9.17, 15) is 4.79 Å². The molecule has 0 saturated carbocycles. The third kappa shape index (κ3) is 3.49. The van der Waals surface area contributed by atoms with Gasteiger partial charge in [-0.3, -0.25) is 4.79 Å². The molecule has 1 amide bonds. The summed E-state index contributed by atoms with van der Waals surface area (Å²) < 4.78 is 0. The number of rotatable bonds is 5. The summed E-state index contributed by atoms with van der Waals surface area (Å²) in [5, 5.41) is 3.33. The summed E-state index contributed by atoms with van der Waals surface area (Å²) in [6, 6.07) is 10.2. The molecule has 1 aromatic rings. The van der Waals surface area contributed by atoms with Gasteiger partial charge in [0.25, 0.3) is 0 Å². The van der Waals surface area contributed by atoms with Crippen LogP contribution >= 0.6 is 11.8 Å². The van der Waals surface area contributed by atoms with E-state index in [1.807, 2.05) is 30.0 Å². The van der Waals surface area contributed by atoms with Crippen molar-refractivity contribution in [2.45, 2.75) is 37.6 Å². The van der Waals surface area contributed by atoms with E-state index in [1.165, 1.54) is 23.6 Å². The zero-order valence-corrected chi connectivity index (χ0v) is 14.2. The van der Waals surface area contributed by atoms with Crippen molar-refractivity contribution in [2.75, 3.05) is 31.1 Å². The maximum absolute atomic E-state index is 12.4. The first kappa shape index (κ1) is 15.9. The van der Waals surface area contributed by atoms with Gasteiger partial charge in [0.2, 0.25) is 5.91 Å². The number of thioether (sulfide) groups is 1. The number of nitrogens with zero attached hydrogens (tertiary/aromatic N) is 1. The van der Waals surface area contributed by atoms with Gasteiger partial charge in [0.1, 0.15) is 0 Å². The second kappa shape index (κ2) is 7.05. The topological polar surface area (TPSA) is 32.3 Å². The molecule has 0 aliphatic carbocycles. The number of hydrogen-bond acceptors (Lipinski definition) is 3. The van der Waals surface area contributed by atoms with Crippen LogP contribution < -0.4 is 5.32 Å². The molecule has 4 heteroatoms. The quantitative estimate of drug-likeness (QED) is 0.847. The van der Waals surface area contributed by atoms with Crippen molar-refractivity contribution in [3.05, 3.63) is 35.9 Å². The molecule has 1 atom stereocenters. The summed E-state index contributed by atoms with van der Waals surface area (Å²) in [4.78, 5) is 15.0. The maximum Gasteiger partial charge on any atom is 0.228 e. The van der Waals surface area contributed by atoms with Crippen molar-refractivity contribution in [3.8, 4) is 0 Å². The Morgan fingerprint density at radius 3 is 2.68 bits per heavy atom. The lowest BCUT2D eigenvalue weighted by Gasteiger charge is -2.39. The van der Waals surface area contributed by atoms with E-state index < -0.39 is 0 Å². The molecule has 2 aliphatic rings. The fourth-order valence-corrected chi connectivity index (χ4v) is 4.39. The summed E-state index contributed by atoms with van der Waals surface area (Å²) >= 11 is 2.01. The molecule has 120 valence electrons. The molecule has 1 spiro atoms. The van der Waals surface area contributed by atoms with Crippen molar-refractivity contribution in [3.63, 3.8) is 0 Å². The van der Waals surface area contributed by atoms with Crippen molar-refractivity contribution < 1.29 is 4.79 Å². The molecule has 0 unspecified atom stereocenters. The molecule has 2 saturated heterocycles. The van der Waals surface area contributed by atoms with Gasteiger partial charge in [-0.15, -0.1) is 0 Å². The summed E-state index contributed by atoms with van der Waals surface area (Å²) in [6.45, 7) is 5.64. The molecule has 3 nitrogen and oxygen atoms in total. The monoisotopic (exact) mass is 318 g/mol. The third-order valence-corrected chi connectivity index (χ3v) is 5.95. The molecule has 22 heavy (non-hydrogen) atoms. The standard InChI is InChI=1S/C18H26N2OS/c1-2-22-13-12-20-10-8-18(9-11-20)14-16(17(21)19-18)15-6-4-3-5-7-15/h3-7,16H,2,8-14H2,1H3,(H,19,21)/t16-/m0/s1. The number of benzene rings is 1. The van der Waals surface area contributed by atoms with Crippen molar-refractivity contribution in [1.29, 1.82) is 0 Å². The van der Waals surface area contributed by atoms with E-state index in [2.05, 4.69) is 29.3 Å². The van der Waals surface area contributed by atoms with Gasteiger partial charge in [0.05, 0.1) is 5.92 Å². The van der Waals surface area contributed by atoms with E-state index in [-0.39, 0.29) is 17.4 Å². The van der Waals surface area contributed by atoms with Crippen LogP contribution in [0.5, 0.6) is 0 Å². The van der Waals surface area contributed by atoms with Gasteiger partial charge in [0.15, 0.2) is 0 Å². The summed E-state index contributed by atoms with van der Waals surface area (Å²) in [5.41, 5.74) is 1.21. The lowest BCUT2D eigenvalue weighted by Crippen LogP contribution is -2.51. The first-order chi connectivity index (χ1) is 10.7. The van der Waals surface area contributed by atoms with Gasteiger partial charge in [-0.1, -0.05) is 37.3 Å². The Bertz CT molecular complexity index is 497. The summed E-state index contributed by atoms with van der Waals surface area (Å²) in [5.74, 6) is 2.69. The number of hydrogen-bond donors (Lipinski definition) is 1. The molecule has 3 rings (SSSR count). The Morgan fingerprint density at radius 1 is 1.27 bits per heavy atom. The first-order valence-electron chi connectivity index (χ1n) is 8.39. The minimum absolute atomic E-state index is 0.0448. The number of nitrogens with one attached hydrogen (secondary N) is 1. The number of carbonyl (C=O) groups is 1. The van der Waals surface area contributed by atoms with E-state index in [0.29, 0.717) is 0 Å². The molecule has 1 N–H and O–H groups in total. The smallest absolute Gasteiger partial charge is 0.228 e. The van der Waals surface area contributed by atoms with Gasteiger partial charge in [0, 0.05) is 30.9 Å². The van der Waals surface area contributed by atoms with Crippen LogP contribution in [0.25, 0.3) is 0 Å². The highest BCUT2D eigenvalue weighted by molar-refractivity contribution is 7.99. The number of piperidine rings is 1. The number of amides is 1. The van der Waals surface area contributed by atoms with Gasteiger partial charge < -0.3 is 10.2 Å². The Labute approximate surface area is 137 Å². The average molecular weight is 318 g/mol. The van der Waals surface area contributed by atoms with Crippen LogP contribution in [-0.2, 0) is 4.79 Å². The van der Waals surface area contributed by atoms with Gasteiger partial charge >= 0.3 is 0 Å². The Kier molecular flexibility index (Phi) is 5.09. The van der Waals surface area contributed by atoms with Crippen LogP contribution in [0.15, 0.2) is 30.3 Å². The summed E-state index contributed by atoms with van der Waals surface area (Å²) in [6.07, 6.45) is 3.16. The fraction of sp³-hybridized carbons (Fsp3) is 0.611. The van der Waals surface area contributed by atoms with Crippen molar-refractivity contribution >= 4 is 17.7 Å². The Hall–Kier alpha value is -1.00. The molecule has 1 aromatic carbocycles. The second-order valence-corrected chi connectivity index (χ2v) is 7.87. The molecular weight excluding hydrogens is 292 g/mol. The van der Waals surface area contributed by atoms with Gasteiger partial charge in [-0.25, -0.2) is 0 Å². The lowest BCUT2D eigenvalue weighted by molar-refractivity contribution is -0.121. The van der Waals surface area contributed by atoms with E-state index in [4.69, 9.17) is 0 Å². The predicted octanol–water partition coefficient (Wildman–Crippen LogP) is 2.88. The molecule has 2 aliphatic heterocycles. The minimum atomic E-state index is 0.0448. The molecule has 0 aromatic heterocycles. The van der Waals surface area contributed by atoms with Gasteiger partial charge in [-0.2, -0.15) is 11.8 Å². The highest BCUT2D eigenvalue weighted by Gasteiger charge is 2.45. The van der Waals surface area contributed by atoms with E-state index in [1.54, 1.807) is 0 Å².